The van der Waals surface area contributed by atoms with Gasteiger partial charge in [0.1, 0.15) is 0 Å². The fourth-order valence-corrected chi connectivity index (χ4v) is 2.56. The van der Waals surface area contributed by atoms with Gasteiger partial charge < -0.3 is 10.6 Å². The second-order valence-corrected chi connectivity index (χ2v) is 5.84. The molecule has 116 valence electrons. The Balaban J connectivity index is 0.00000400. The molecule has 0 radical (unpaired) electrons. The van der Waals surface area contributed by atoms with Gasteiger partial charge in [-0.25, -0.2) is 0 Å². The van der Waals surface area contributed by atoms with Gasteiger partial charge in [-0.05, 0) is 32.7 Å². The van der Waals surface area contributed by atoms with Crippen LogP contribution < -0.4 is 58.2 Å². The molecular weight excluding hydrogens is 336 g/mol. The van der Waals surface area contributed by atoms with E-state index in [1.807, 2.05) is 4.90 Å². The third-order valence-corrected chi connectivity index (χ3v) is 3.87. The number of amides is 1. The maximum Gasteiger partial charge on any atom is 1.00 e. The molecule has 0 aliphatic carbocycles. The molecule has 5 heteroatoms. The Hall–Kier alpha value is 0.935. The zero-order chi connectivity index (χ0) is 14.8. The van der Waals surface area contributed by atoms with Crippen molar-refractivity contribution in [2.75, 3.05) is 39.3 Å². The van der Waals surface area contributed by atoms with Gasteiger partial charge in [-0.2, -0.15) is 6.54 Å². The van der Waals surface area contributed by atoms with Gasteiger partial charge in [-0.1, -0.05) is 18.4 Å². The molecule has 1 aliphatic heterocycles. The molecule has 0 aromatic rings. The normalized spacial score (nSPS) is 15.6. The van der Waals surface area contributed by atoms with Crippen molar-refractivity contribution in [3.05, 3.63) is 17.9 Å². The van der Waals surface area contributed by atoms with Gasteiger partial charge in [0.05, 0.1) is 0 Å². The van der Waals surface area contributed by atoms with Crippen molar-refractivity contribution < 1.29 is 63.0 Å². The summed E-state index contributed by atoms with van der Waals surface area (Å²) in [5.41, 5.74) is 8.34. The van der Waals surface area contributed by atoms with Gasteiger partial charge in [0.2, 0.25) is 5.91 Å². The van der Waals surface area contributed by atoms with Crippen molar-refractivity contribution >= 4 is 5.91 Å². The van der Waals surface area contributed by atoms with Crippen molar-refractivity contribution in [2.45, 2.75) is 45.4 Å². The number of allylic oxidation sites excluding steroid dienone is 1. The first-order chi connectivity index (χ1) is 9.63. The molecule has 1 fully saturated rings. The first kappa shape index (κ1) is 21.9. The minimum atomic E-state index is 0. The maximum absolute atomic E-state index is 12.0. The van der Waals surface area contributed by atoms with Crippen LogP contribution in [0.2, 0.25) is 0 Å². The van der Waals surface area contributed by atoms with Crippen LogP contribution in [0.25, 0.3) is 5.73 Å². The van der Waals surface area contributed by atoms with E-state index in [1.165, 1.54) is 12.0 Å². The van der Waals surface area contributed by atoms with Crippen LogP contribution in [-0.2, 0) is 4.79 Å². The van der Waals surface area contributed by atoms with E-state index in [4.69, 9.17) is 5.73 Å². The van der Waals surface area contributed by atoms with E-state index in [0.717, 1.165) is 58.4 Å². The van der Waals surface area contributed by atoms with Crippen LogP contribution in [0.1, 0.15) is 45.4 Å². The van der Waals surface area contributed by atoms with Crippen LogP contribution in [0.5, 0.6) is 0 Å². The first-order valence-electron chi connectivity index (χ1n) is 7.92. The monoisotopic (exact) mass is 365 g/mol. The number of piperazine rings is 1. The van der Waals surface area contributed by atoms with Crippen LogP contribution >= 0.6 is 0 Å². The summed E-state index contributed by atoms with van der Waals surface area (Å²) < 4.78 is 0. The largest absolute Gasteiger partial charge is 1.00 e. The van der Waals surface area contributed by atoms with Gasteiger partial charge in [-0.15, -0.1) is 6.58 Å². The number of hydrogen-bond acceptors (Lipinski definition) is 2. The van der Waals surface area contributed by atoms with E-state index in [0.29, 0.717) is 18.9 Å². The van der Waals surface area contributed by atoms with Gasteiger partial charge in [0.15, 0.2) is 0 Å². The Morgan fingerprint density at radius 3 is 2.29 bits per heavy atom. The van der Waals surface area contributed by atoms with E-state index in [-0.39, 0.29) is 58.2 Å². The maximum atomic E-state index is 12.0. The fourth-order valence-electron chi connectivity index (χ4n) is 2.56. The Labute approximate surface area is 179 Å². The van der Waals surface area contributed by atoms with Crippen molar-refractivity contribution in [1.82, 2.24) is 9.80 Å². The van der Waals surface area contributed by atoms with E-state index < -0.39 is 0 Å². The summed E-state index contributed by atoms with van der Waals surface area (Å²) in [5.74, 6) is 0.302. The molecule has 0 atom stereocenters. The average Bonchev–Trinajstić information content (AvgIpc) is 2.44. The van der Waals surface area contributed by atoms with Crippen molar-refractivity contribution in [1.29, 1.82) is 0 Å². The van der Waals surface area contributed by atoms with E-state index >= 15 is 0 Å². The number of nitrogens with one attached hydrogen (secondary N) is 1. The smallest absolute Gasteiger partial charge is 0.677 e. The summed E-state index contributed by atoms with van der Waals surface area (Å²) >= 11 is 0. The average molecular weight is 366 g/mol. The molecule has 0 bridgehead atoms. The molecule has 1 aliphatic rings. The van der Waals surface area contributed by atoms with E-state index in [9.17, 15) is 4.79 Å². The summed E-state index contributed by atoms with van der Waals surface area (Å²) in [7, 11) is 0. The third-order valence-electron chi connectivity index (χ3n) is 3.87. The van der Waals surface area contributed by atoms with Gasteiger partial charge in [-0.3, -0.25) is 9.69 Å². The standard InChI is InChI=1S/C16H30N3O.Rb/c1-15(2)7-6-10-18-11-13-19(14-12-18)16(20)8-4-3-5-9-17;/h17H,1,3-14H2,2H3;/q-1;+1. The van der Waals surface area contributed by atoms with Crippen LogP contribution in [0, 0.1) is 0 Å². The fraction of sp³-hybridized carbons (Fsp3) is 0.812. The van der Waals surface area contributed by atoms with E-state index in [1.54, 1.807) is 0 Å². The van der Waals surface area contributed by atoms with Gasteiger partial charge in [0.25, 0.3) is 0 Å². The zero-order valence-corrected chi connectivity index (χ0v) is 18.9. The SMILES string of the molecule is C=C(C)CCCN1CCN(C(=O)CCCCC[NH-])CC1.[Rb+]. The molecule has 4 nitrogen and oxygen atoms in total. The van der Waals surface area contributed by atoms with Crippen LogP contribution in [-0.4, -0.2) is 55.0 Å². The first-order valence-corrected chi connectivity index (χ1v) is 7.92. The van der Waals surface area contributed by atoms with E-state index in [2.05, 4.69) is 18.4 Å². The molecule has 21 heavy (non-hydrogen) atoms. The summed E-state index contributed by atoms with van der Waals surface area (Å²) in [6.45, 7) is 11.4. The summed E-state index contributed by atoms with van der Waals surface area (Å²) in [5, 5.41) is 0. The molecule has 1 heterocycles. The predicted molar refractivity (Wildman–Crippen MR) is 84.7 cm³/mol. The Morgan fingerprint density at radius 2 is 1.71 bits per heavy atom. The Morgan fingerprint density at radius 1 is 1.05 bits per heavy atom. The number of unbranched alkanes of at least 4 members (excludes halogenated alkanes) is 2. The molecule has 0 spiro atoms. The number of nitrogens with zero attached hydrogens (tertiary/aromatic N) is 2. The molecular formula is C16H30N3ORb. The van der Waals surface area contributed by atoms with Crippen LogP contribution in [0.3, 0.4) is 0 Å². The van der Waals surface area contributed by atoms with Gasteiger partial charge >= 0.3 is 58.2 Å². The predicted octanol–water partition coefficient (Wildman–Crippen LogP) is 0.104. The van der Waals surface area contributed by atoms with Crippen LogP contribution in [0.4, 0.5) is 0 Å². The second-order valence-electron chi connectivity index (χ2n) is 5.84. The van der Waals surface area contributed by atoms with Crippen LogP contribution in [0.15, 0.2) is 12.2 Å². The van der Waals surface area contributed by atoms with Crippen molar-refractivity contribution in [3.8, 4) is 0 Å². The summed E-state index contributed by atoms with van der Waals surface area (Å²) in [4.78, 5) is 16.5. The molecule has 1 N–H and O–H groups in total. The molecule has 0 aromatic carbocycles. The second kappa shape index (κ2) is 13.4. The number of carbonyl (C=O) groups is 1. The third kappa shape index (κ3) is 10.3. The van der Waals surface area contributed by atoms with Crippen molar-refractivity contribution in [3.63, 3.8) is 0 Å². The topological polar surface area (TPSA) is 47.4 Å². The van der Waals surface area contributed by atoms with Crippen molar-refractivity contribution in [2.24, 2.45) is 0 Å². The molecule has 1 amide bonds. The molecule has 1 rings (SSSR count). The zero-order valence-electron chi connectivity index (χ0n) is 14.0. The number of carbonyl (C=O) groups excluding carboxylic acids is 1. The molecule has 0 unspecified atom stereocenters. The molecule has 1 saturated heterocycles. The molecule has 0 saturated carbocycles. The quantitative estimate of drug-likeness (QED) is 0.430. The Kier molecular flexibility index (Phi) is 14.0. The molecule has 0 aromatic heterocycles. The van der Waals surface area contributed by atoms with Gasteiger partial charge in [0, 0.05) is 32.6 Å². The number of rotatable bonds is 9. The Bertz CT molecular complexity index is 302. The minimum absolute atomic E-state index is 0. The summed E-state index contributed by atoms with van der Waals surface area (Å²) in [6.07, 6.45) is 5.82. The minimum Gasteiger partial charge on any atom is -0.677 e. The number of hydrogen-bond donors (Lipinski definition) is 0. The summed E-state index contributed by atoms with van der Waals surface area (Å²) in [6, 6.07) is 0.